The standard InChI is InChI=1S/C14H12N6O/c1-20-9-8-16-13(20)14(21)17-12-6-5-11(18-19-12)10-4-2-3-7-15-10/h2-9H,1H3,(H,17,19,21). The first-order valence-corrected chi connectivity index (χ1v) is 6.28. The van der Waals surface area contributed by atoms with Crippen molar-refractivity contribution in [1.82, 2.24) is 24.7 Å². The Kier molecular flexibility index (Phi) is 3.38. The number of pyridine rings is 1. The first-order valence-electron chi connectivity index (χ1n) is 6.28. The SMILES string of the molecule is Cn1ccnc1C(=O)Nc1ccc(-c2ccccn2)nn1. The first kappa shape index (κ1) is 12.9. The summed E-state index contributed by atoms with van der Waals surface area (Å²) in [5.41, 5.74) is 1.37. The first-order chi connectivity index (χ1) is 10.2. The molecule has 7 heteroatoms. The number of hydrogen-bond acceptors (Lipinski definition) is 5. The molecule has 1 amide bonds. The maximum Gasteiger partial charge on any atom is 0.292 e. The molecule has 0 aliphatic heterocycles. The highest BCUT2D eigenvalue weighted by Crippen LogP contribution is 2.13. The smallest absolute Gasteiger partial charge is 0.292 e. The number of carbonyl (C=O) groups excluding carboxylic acids is 1. The summed E-state index contributed by atoms with van der Waals surface area (Å²) >= 11 is 0. The Labute approximate surface area is 120 Å². The number of carbonyl (C=O) groups is 1. The van der Waals surface area contributed by atoms with Crippen LogP contribution in [-0.2, 0) is 7.05 Å². The maximum absolute atomic E-state index is 12.0. The van der Waals surface area contributed by atoms with Gasteiger partial charge < -0.3 is 9.88 Å². The average molecular weight is 280 g/mol. The lowest BCUT2D eigenvalue weighted by atomic mass is 10.2. The second kappa shape index (κ2) is 5.49. The molecular formula is C14H12N6O. The van der Waals surface area contributed by atoms with Gasteiger partial charge in [-0.05, 0) is 24.3 Å². The van der Waals surface area contributed by atoms with Crippen molar-refractivity contribution in [3.05, 3.63) is 54.7 Å². The molecule has 3 aromatic heterocycles. The van der Waals surface area contributed by atoms with Crippen molar-refractivity contribution in [2.24, 2.45) is 7.05 Å². The van der Waals surface area contributed by atoms with Crippen LogP contribution in [-0.4, -0.2) is 30.6 Å². The van der Waals surface area contributed by atoms with Gasteiger partial charge >= 0.3 is 0 Å². The van der Waals surface area contributed by atoms with Gasteiger partial charge in [0.15, 0.2) is 11.6 Å². The largest absolute Gasteiger partial charge is 0.330 e. The number of rotatable bonds is 3. The molecule has 0 aliphatic carbocycles. The Morgan fingerprint density at radius 1 is 1.05 bits per heavy atom. The summed E-state index contributed by atoms with van der Waals surface area (Å²) in [6.07, 6.45) is 4.95. The summed E-state index contributed by atoms with van der Waals surface area (Å²) in [5, 5.41) is 10.7. The maximum atomic E-state index is 12.0. The minimum absolute atomic E-state index is 0.311. The van der Waals surface area contributed by atoms with Crippen LogP contribution in [0.4, 0.5) is 5.82 Å². The predicted octanol–water partition coefficient (Wildman–Crippen LogP) is 1.52. The zero-order valence-corrected chi connectivity index (χ0v) is 11.3. The van der Waals surface area contributed by atoms with E-state index >= 15 is 0 Å². The van der Waals surface area contributed by atoms with Crippen LogP contribution in [0.1, 0.15) is 10.6 Å². The van der Waals surface area contributed by atoms with Crippen LogP contribution < -0.4 is 5.32 Å². The highest BCUT2D eigenvalue weighted by atomic mass is 16.2. The summed E-state index contributed by atoms with van der Waals surface area (Å²) in [6.45, 7) is 0. The van der Waals surface area contributed by atoms with Gasteiger partial charge in [-0.3, -0.25) is 9.78 Å². The molecule has 0 unspecified atom stereocenters. The molecule has 0 radical (unpaired) electrons. The van der Waals surface area contributed by atoms with Crippen molar-refractivity contribution in [3.8, 4) is 11.4 Å². The van der Waals surface area contributed by atoms with Crippen molar-refractivity contribution in [1.29, 1.82) is 0 Å². The number of aryl methyl sites for hydroxylation is 1. The Balaban J connectivity index is 1.76. The van der Waals surface area contributed by atoms with Gasteiger partial charge in [0.2, 0.25) is 0 Å². The van der Waals surface area contributed by atoms with Crippen LogP contribution in [0.5, 0.6) is 0 Å². The number of imidazole rings is 1. The van der Waals surface area contributed by atoms with Gasteiger partial charge in [-0.15, -0.1) is 10.2 Å². The lowest BCUT2D eigenvalue weighted by molar-refractivity contribution is 0.101. The summed E-state index contributed by atoms with van der Waals surface area (Å²) < 4.78 is 1.63. The zero-order valence-electron chi connectivity index (χ0n) is 11.3. The zero-order chi connectivity index (χ0) is 14.7. The number of aromatic nitrogens is 5. The molecule has 3 aromatic rings. The van der Waals surface area contributed by atoms with Gasteiger partial charge in [-0.1, -0.05) is 6.07 Å². The molecular weight excluding hydrogens is 268 g/mol. The molecule has 3 heterocycles. The van der Waals surface area contributed by atoms with Crippen LogP contribution in [0.25, 0.3) is 11.4 Å². The van der Waals surface area contributed by atoms with Gasteiger partial charge in [0.05, 0.1) is 5.69 Å². The second-order valence-electron chi connectivity index (χ2n) is 4.33. The van der Waals surface area contributed by atoms with Crippen LogP contribution in [0.3, 0.4) is 0 Å². The molecule has 0 fully saturated rings. The Bertz CT molecular complexity index is 751. The quantitative estimate of drug-likeness (QED) is 0.786. The molecule has 104 valence electrons. The normalized spacial score (nSPS) is 10.3. The Hall–Kier alpha value is -3.09. The van der Waals surface area contributed by atoms with E-state index in [0.29, 0.717) is 17.3 Å². The molecule has 3 rings (SSSR count). The highest BCUT2D eigenvalue weighted by Gasteiger charge is 2.12. The monoisotopic (exact) mass is 280 g/mol. The van der Waals surface area contributed by atoms with E-state index in [9.17, 15) is 4.79 Å². The lowest BCUT2D eigenvalue weighted by Crippen LogP contribution is -2.17. The molecule has 7 nitrogen and oxygen atoms in total. The number of hydrogen-bond donors (Lipinski definition) is 1. The number of anilines is 1. The van der Waals surface area contributed by atoms with Crippen molar-refractivity contribution in [3.63, 3.8) is 0 Å². The van der Waals surface area contributed by atoms with E-state index in [1.807, 2.05) is 18.2 Å². The fourth-order valence-electron chi connectivity index (χ4n) is 1.81. The van der Waals surface area contributed by atoms with Crippen LogP contribution in [0, 0.1) is 0 Å². The number of nitrogens with zero attached hydrogens (tertiary/aromatic N) is 5. The molecule has 0 saturated heterocycles. The minimum atomic E-state index is -0.331. The van der Waals surface area contributed by atoms with E-state index < -0.39 is 0 Å². The van der Waals surface area contributed by atoms with Gasteiger partial charge in [0, 0.05) is 25.6 Å². The Morgan fingerprint density at radius 2 is 1.95 bits per heavy atom. The topological polar surface area (TPSA) is 85.6 Å². The molecule has 1 N–H and O–H groups in total. The third kappa shape index (κ3) is 2.76. The van der Waals surface area contributed by atoms with Crippen molar-refractivity contribution in [2.75, 3.05) is 5.32 Å². The fourth-order valence-corrected chi connectivity index (χ4v) is 1.81. The summed E-state index contributed by atoms with van der Waals surface area (Å²) in [4.78, 5) is 20.1. The molecule has 0 saturated carbocycles. The number of amides is 1. The molecule has 21 heavy (non-hydrogen) atoms. The molecule has 0 spiro atoms. The minimum Gasteiger partial charge on any atom is -0.330 e. The second-order valence-corrected chi connectivity index (χ2v) is 4.33. The molecule has 0 bridgehead atoms. The van der Waals surface area contributed by atoms with E-state index in [1.54, 1.807) is 42.3 Å². The van der Waals surface area contributed by atoms with Gasteiger partial charge in [0.25, 0.3) is 5.91 Å². The van der Waals surface area contributed by atoms with Gasteiger partial charge in [-0.25, -0.2) is 4.98 Å². The number of nitrogens with one attached hydrogen (secondary N) is 1. The van der Waals surface area contributed by atoms with Crippen LogP contribution >= 0.6 is 0 Å². The predicted molar refractivity (Wildman–Crippen MR) is 76.4 cm³/mol. The van der Waals surface area contributed by atoms with E-state index in [1.165, 1.54) is 0 Å². The highest BCUT2D eigenvalue weighted by molar-refractivity contribution is 6.01. The van der Waals surface area contributed by atoms with Crippen molar-refractivity contribution in [2.45, 2.75) is 0 Å². The summed E-state index contributed by atoms with van der Waals surface area (Å²) in [6, 6.07) is 8.98. The van der Waals surface area contributed by atoms with Crippen LogP contribution in [0.2, 0.25) is 0 Å². The summed E-state index contributed by atoms with van der Waals surface area (Å²) in [7, 11) is 1.75. The Morgan fingerprint density at radius 3 is 2.57 bits per heavy atom. The van der Waals surface area contributed by atoms with E-state index in [-0.39, 0.29) is 5.91 Å². The van der Waals surface area contributed by atoms with E-state index in [2.05, 4.69) is 25.5 Å². The third-order valence-electron chi connectivity index (χ3n) is 2.86. The fraction of sp³-hybridized carbons (Fsp3) is 0.0714. The average Bonchev–Trinajstić information content (AvgIpc) is 2.95. The van der Waals surface area contributed by atoms with E-state index in [4.69, 9.17) is 0 Å². The third-order valence-corrected chi connectivity index (χ3v) is 2.86. The molecule has 0 aliphatic rings. The summed E-state index contributed by atoms with van der Waals surface area (Å²) in [5.74, 6) is 0.343. The molecule has 0 aromatic carbocycles. The lowest BCUT2D eigenvalue weighted by Gasteiger charge is -2.04. The van der Waals surface area contributed by atoms with Crippen molar-refractivity contribution >= 4 is 11.7 Å². The van der Waals surface area contributed by atoms with Gasteiger partial charge in [0.1, 0.15) is 5.69 Å². The van der Waals surface area contributed by atoms with Crippen LogP contribution in [0.15, 0.2) is 48.9 Å². The van der Waals surface area contributed by atoms with Crippen molar-refractivity contribution < 1.29 is 4.79 Å². The van der Waals surface area contributed by atoms with Gasteiger partial charge in [-0.2, -0.15) is 0 Å². The van der Waals surface area contributed by atoms with E-state index in [0.717, 1.165) is 5.69 Å². The molecule has 0 atom stereocenters.